The van der Waals surface area contributed by atoms with Gasteiger partial charge in [0.2, 0.25) is 0 Å². The van der Waals surface area contributed by atoms with Gasteiger partial charge in [-0.25, -0.2) is 9.48 Å². The van der Waals surface area contributed by atoms with Gasteiger partial charge in [0.1, 0.15) is 5.69 Å². The highest BCUT2D eigenvalue weighted by Gasteiger charge is 2.42. The summed E-state index contributed by atoms with van der Waals surface area (Å²) in [5.41, 5.74) is 1.25. The molecule has 1 atom stereocenters. The Hall–Kier alpha value is -1.69. The van der Waals surface area contributed by atoms with Gasteiger partial charge in [-0.05, 0) is 38.0 Å². The lowest BCUT2D eigenvalue weighted by molar-refractivity contribution is -0.0409. The normalized spacial score (nSPS) is 23.4. The van der Waals surface area contributed by atoms with Gasteiger partial charge < -0.3 is 9.47 Å². The van der Waals surface area contributed by atoms with E-state index in [1.807, 2.05) is 0 Å². The van der Waals surface area contributed by atoms with Gasteiger partial charge in [-0.1, -0.05) is 13.8 Å². The first-order valence-electron chi connectivity index (χ1n) is 8.40. The minimum absolute atomic E-state index is 0.0385. The molecule has 23 heavy (non-hydrogen) atoms. The number of rotatable bonds is 3. The molecule has 3 rings (SSSR count). The maximum Gasteiger partial charge on any atom is 0.359 e. The summed E-state index contributed by atoms with van der Waals surface area (Å²) in [4.78, 5) is 24.9. The average molecular weight is 320 g/mol. The summed E-state index contributed by atoms with van der Waals surface area (Å²) >= 11 is 0. The summed E-state index contributed by atoms with van der Waals surface area (Å²) in [5.74, 6) is -0.419. The Morgan fingerprint density at radius 2 is 2.22 bits per heavy atom. The van der Waals surface area contributed by atoms with Crippen LogP contribution < -0.4 is 0 Å². The zero-order chi connectivity index (χ0) is 16.6. The van der Waals surface area contributed by atoms with E-state index in [1.165, 1.54) is 0 Å². The van der Waals surface area contributed by atoms with Gasteiger partial charge in [-0.15, -0.1) is 0 Å². The Labute approximate surface area is 136 Å². The Kier molecular flexibility index (Phi) is 4.27. The SMILES string of the molecule is CCOC(=O)c1nn(C2CCCCO2)c2c1C(C)(C)CCC2=O. The third-order valence-corrected chi connectivity index (χ3v) is 4.73. The van der Waals surface area contributed by atoms with E-state index in [0.717, 1.165) is 24.8 Å². The molecule has 0 spiro atoms. The molecular formula is C17H24N2O4. The number of esters is 1. The monoisotopic (exact) mass is 320 g/mol. The smallest absolute Gasteiger partial charge is 0.359 e. The minimum atomic E-state index is -0.457. The summed E-state index contributed by atoms with van der Waals surface area (Å²) in [5, 5.41) is 4.48. The third kappa shape index (κ3) is 2.80. The van der Waals surface area contributed by atoms with Crippen molar-refractivity contribution in [3.8, 4) is 0 Å². The molecule has 6 nitrogen and oxygen atoms in total. The highest BCUT2D eigenvalue weighted by Crippen LogP contribution is 2.41. The predicted octanol–water partition coefficient (Wildman–Crippen LogP) is 3.01. The minimum Gasteiger partial charge on any atom is -0.461 e. The van der Waals surface area contributed by atoms with Crippen molar-refractivity contribution in [1.29, 1.82) is 0 Å². The van der Waals surface area contributed by atoms with Gasteiger partial charge in [0, 0.05) is 18.6 Å². The first-order chi connectivity index (χ1) is 11.0. The Morgan fingerprint density at radius 1 is 1.43 bits per heavy atom. The molecule has 1 fully saturated rings. The van der Waals surface area contributed by atoms with E-state index in [4.69, 9.17) is 9.47 Å². The summed E-state index contributed by atoms with van der Waals surface area (Å²) in [7, 11) is 0. The van der Waals surface area contributed by atoms with Crippen LogP contribution in [0.25, 0.3) is 0 Å². The Morgan fingerprint density at radius 3 is 2.87 bits per heavy atom. The molecule has 1 aliphatic carbocycles. The van der Waals surface area contributed by atoms with Crippen molar-refractivity contribution in [2.45, 2.75) is 64.5 Å². The molecule has 2 aliphatic rings. The van der Waals surface area contributed by atoms with Crippen molar-refractivity contribution >= 4 is 11.8 Å². The molecule has 0 saturated carbocycles. The second-order valence-corrected chi connectivity index (χ2v) is 6.87. The van der Waals surface area contributed by atoms with Gasteiger partial charge >= 0.3 is 5.97 Å². The van der Waals surface area contributed by atoms with Crippen LogP contribution in [0.3, 0.4) is 0 Å². The highest BCUT2D eigenvalue weighted by molar-refractivity contribution is 6.01. The van der Waals surface area contributed by atoms with Crippen LogP contribution in [0.1, 0.15) is 85.6 Å². The van der Waals surface area contributed by atoms with Gasteiger partial charge in [0.25, 0.3) is 0 Å². The van der Waals surface area contributed by atoms with Crippen molar-refractivity contribution in [2.75, 3.05) is 13.2 Å². The van der Waals surface area contributed by atoms with E-state index in [0.29, 0.717) is 25.1 Å². The molecular weight excluding hydrogens is 296 g/mol. The van der Waals surface area contributed by atoms with Gasteiger partial charge in [0.15, 0.2) is 17.7 Å². The fourth-order valence-corrected chi connectivity index (χ4v) is 3.48. The number of carbonyl (C=O) groups is 2. The quantitative estimate of drug-likeness (QED) is 0.801. The zero-order valence-corrected chi connectivity index (χ0v) is 14.1. The largest absolute Gasteiger partial charge is 0.461 e. The highest BCUT2D eigenvalue weighted by atomic mass is 16.5. The lowest BCUT2D eigenvalue weighted by Gasteiger charge is -2.31. The molecule has 0 amide bonds. The number of ketones is 1. The lowest BCUT2D eigenvalue weighted by Crippen LogP contribution is -2.31. The third-order valence-electron chi connectivity index (χ3n) is 4.73. The molecule has 1 unspecified atom stereocenters. The van der Waals surface area contributed by atoms with Gasteiger partial charge in [-0.2, -0.15) is 5.10 Å². The van der Waals surface area contributed by atoms with E-state index in [2.05, 4.69) is 18.9 Å². The van der Waals surface area contributed by atoms with E-state index in [-0.39, 0.29) is 29.7 Å². The fraction of sp³-hybridized carbons (Fsp3) is 0.706. The number of Topliss-reactive ketones (excluding diaryl/α,β-unsaturated/α-hetero) is 1. The Bertz CT molecular complexity index is 627. The maximum atomic E-state index is 12.6. The number of hydrogen-bond donors (Lipinski definition) is 0. The summed E-state index contributed by atoms with van der Waals surface area (Å²) in [6.45, 7) is 6.81. The fourth-order valence-electron chi connectivity index (χ4n) is 3.48. The number of ether oxygens (including phenoxy) is 2. The second-order valence-electron chi connectivity index (χ2n) is 6.87. The Balaban J connectivity index is 2.14. The van der Waals surface area contributed by atoms with Gasteiger partial charge in [-0.3, -0.25) is 4.79 Å². The standard InChI is InChI=1S/C17H24N2O4/c1-4-22-16(21)14-13-15(11(20)8-9-17(13,2)3)19(18-14)12-7-5-6-10-23-12/h12H,4-10H2,1-3H3. The first kappa shape index (κ1) is 16.2. The van der Waals surface area contributed by atoms with Crippen molar-refractivity contribution in [1.82, 2.24) is 9.78 Å². The molecule has 1 saturated heterocycles. The maximum absolute atomic E-state index is 12.6. The topological polar surface area (TPSA) is 70.4 Å². The molecule has 126 valence electrons. The van der Waals surface area contributed by atoms with E-state index < -0.39 is 5.97 Å². The number of nitrogens with zero attached hydrogens (tertiary/aromatic N) is 2. The van der Waals surface area contributed by atoms with E-state index >= 15 is 0 Å². The molecule has 6 heteroatoms. The summed E-state index contributed by atoms with van der Waals surface area (Å²) < 4.78 is 12.6. The average Bonchev–Trinajstić information content (AvgIpc) is 2.95. The van der Waals surface area contributed by atoms with Crippen LogP contribution in [0.15, 0.2) is 0 Å². The van der Waals surface area contributed by atoms with Crippen LogP contribution in [-0.2, 0) is 14.9 Å². The number of carbonyl (C=O) groups excluding carboxylic acids is 2. The molecule has 1 aromatic rings. The van der Waals surface area contributed by atoms with E-state index in [1.54, 1.807) is 11.6 Å². The van der Waals surface area contributed by atoms with Crippen molar-refractivity contribution in [3.63, 3.8) is 0 Å². The molecule has 0 N–H and O–H groups in total. The number of hydrogen-bond acceptors (Lipinski definition) is 5. The van der Waals surface area contributed by atoms with Crippen LogP contribution in [0.5, 0.6) is 0 Å². The predicted molar refractivity (Wildman–Crippen MR) is 83.6 cm³/mol. The first-order valence-corrected chi connectivity index (χ1v) is 8.40. The van der Waals surface area contributed by atoms with Crippen molar-refractivity contribution in [3.05, 3.63) is 17.0 Å². The number of aromatic nitrogens is 2. The summed E-state index contributed by atoms with van der Waals surface area (Å²) in [6.07, 6.45) is 3.78. The molecule has 1 aliphatic heterocycles. The lowest BCUT2D eigenvalue weighted by atomic mass is 9.73. The van der Waals surface area contributed by atoms with Crippen LogP contribution in [0.2, 0.25) is 0 Å². The van der Waals surface area contributed by atoms with Crippen LogP contribution in [-0.4, -0.2) is 34.7 Å². The van der Waals surface area contributed by atoms with Gasteiger partial charge in [0.05, 0.1) is 6.61 Å². The second kappa shape index (κ2) is 6.07. The van der Waals surface area contributed by atoms with Crippen molar-refractivity contribution < 1.29 is 19.1 Å². The van der Waals surface area contributed by atoms with Crippen LogP contribution in [0.4, 0.5) is 0 Å². The summed E-state index contributed by atoms with van der Waals surface area (Å²) in [6, 6.07) is 0. The number of fused-ring (bicyclic) bond motifs is 1. The molecule has 2 heterocycles. The zero-order valence-electron chi connectivity index (χ0n) is 14.1. The molecule has 0 aromatic carbocycles. The van der Waals surface area contributed by atoms with Crippen LogP contribution in [0, 0.1) is 0 Å². The van der Waals surface area contributed by atoms with Crippen LogP contribution >= 0.6 is 0 Å². The molecule has 0 bridgehead atoms. The van der Waals surface area contributed by atoms with E-state index in [9.17, 15) is 9.59 Å². The molecule has 0 radical (unpaired) electrons. The van der Waals surface area contributed by atoms with Crippen molar-refractivity contribution in [2.24, 2.45) is 0 Å². The molecule has 1 aromatic heterocycles.